The SMILES string of the molecule is CC(=O)NC1CCN(c2cc(-c3ccc(OC(F)(F)F)c(F)c3)ncc2F)CC1. The summed E-state index contributed by atoms with van der Waals surface area (Å²) in [5, 5.41) is 2.83. The van der Waals surface area contributed by atoms with Crippen molar-refractivity contribution in [1.29, 1.82) is 0 Å². The number of carbonyl (C=O) groups is 1. The lowest BCUT2D eigenvalue weighted by molar-refractivity contribution is -0.275. The molecule has 3 rings (SSSR count). The molecule has 1 saturated heterocycles. The minimum atomic E-state index is -5.01. The summed E-state index contributed by atoms with van der Waals surface area (Å²) in [6.45, 7) is 2.43. The van der Waals surface area contributed by atoms with Gasteiger partial charge >= 0.3 is 6.36 Å². The third kappa shape index (κ3) is 5.33. The van der Waals surface area contributed by atoms with Gasteiger partial charge in [0.05, 0.1) is 17.6 Å². The fraction of sp³-hybridized carbons (Fsp3) is 0.368. The van der Waals surface area contributed by atoms with E-state index in [1.165, 1.54) is 19.1 Å². The molecule has 1 aliphatic heterocycles. The topological polar surface area (TPSA) is 54.5 Å². The average molecular weight is 415 g/mol. The Balaban J connectivity index is 1.79. The van der Waals surface area contributed by atoms with E-state index >= 15 is 0 Å². The first kappa shape index (κ1) is 20.8. The first-order chi connectivity index (χ1) is 13.6. The van der Waals surface area contributed by atoms with Crippen molar-refractivity contribution < 1.29 is 31.5 Å². The number of hydrogen-bond donors (Lipinski definition) is 1. The molecule has 29 heavy (non-hydrogen) atoms. The van der Waals surface area contributed by atoms with E-state index in [1.54, 1.807) is 4.90 Å². The van der Waals surface area contributed by atoms with Gasteiger partial charge in [-0.1, -0.05) is 0 Å². The first-order valence-electron chi connectivity index (χ1n) is 8.85. The van der Waals surface area contributed by atoms with Crippen LogP contribution in [0.3, 0.4) is 0 Å². The molecular formula is C19H18F5N3O2. The van der Waals surface area contributed by atoms with Crippen LogP contribution in [0.15, 0.2) is 30.5 Å². The molecule has 0 radical (unpaired) electrons. The highest BCUT2D eigenvalue weighted by atomic mass is 19.4. The van der Waals surface area contributed by atoms with Gasteiger partial charge in [-0.2, -0.15) is 0 Å². The summed E-state index contributed by atoms with van der Waals surface area (Å²) in [6.07, 6.45) is -2.75. The number of amides is 1. The first-order valence-corrected chi connectivity index (χ1v) is 8.85. The maximum absolute atomic E-state index is 14.3. The molecule has 1 aliphatic rings. The summed E-state index contributed by atoms with van der Waals surface area (Å²) < 4.78 is 68.7. The van der Waals surface area contributed by atoms with Crippen molar-refractivity contribution in [1.82, 2.24) is 10.3 Å². The van der Waals surface area contributed by atoms with Crippen molar-refractivity contribution in [2.24, 2.45) is 0 Å². The van der Waals surface area contributed by atoms with Crippen molar-refractivity contribution in [2.45, 2.75) is 32.2 Å². The van der Waals surface area contributed by atoms with Crippen molar-refractivity contribution in [2.75, 3.05) is 18.0 Å². The van der Waals surface area contributed by atoms with Crippen LogP contribution in [0.4, 0.5) is 27.6 Å². The normalized spacial score (nSPS) is 15.3. The van der Waals surface area contributed by atoms with E-state index in [4.69, 9.17) is 0 Å². The zero-order valence-electron chi connectivity index (χ0n) is 15.4. The molecule has 2 heterocycles. The number of nitrogens with one attached hydrogen (secondary N) is 1. The molecule has 1 fully saturated rings. The highest BCUT2D eigenvalue weighted by Gasteiger charge is 2.32. The fourth-order valence-electron chi connectivity index (χ4n) is 3.25. The number of alkyl halides is 3. The van der Waals surface area contributed by atoms with Crippen LogP contribution >= 0.6 is 0 Å². The third-order valence-corrected chi connectivity index (χ3v) is 4.53. The molecule has 156 valence electrons. The highest BCUT2D eigenvalue weighted by Crippen LogP contribution is 2.31. The zero-order valence-corrected chi connectivity index (χ0v) is 15.4. The van der Waals surface area contributed by atoms with Crippen LogP contribution in [-0.2, 0) is 4.79 Å². The van der Waals surface area contributed by atoms with Gasteiger partial charge < -0.3 is 15.0 Å². The Bertz CT molecular complexity index is 896. The van der Waals surface area contributed by atoms with E-state index in [9.17, 15) is 26.7 Å². The second kappa shape index (κ2) is 8.22. The molecule has 0 unspecified atom stereocenters. The molecule has 0 saturated carbocycles. The van der Waals surface area contributed by atoms with Crippen LogP contribution in [0.25, 0.3) is 11.3 Å². The lowest BCUT2D eigenvalue weighted by Crippen LogP contribution is -2.44. The second-order valence-corrected chi connectivity index (χ2v) is 6.68. The van der Waals surface area contributed by atoms with Gasteiger partial charge in [0.15, 0.2) is 17.4 Å². The number of pyridine rings is 1. The number of nitrogens with zero attached hydrogens (tertiary/aromatic N) is 2. The average Bonchev–Trinajstić information content (AvgIpc) is 2.63. The smallest absolute Gasteiger partial charge is 0.403 e. The number of anilines is 1. The molecule has 0 aliphatic carbocycles. The lowest BCUT2D eigenvalue weighted by atomic mass is 10.0. The summed E-state index contributed by atoms with van der Waals surface area (Å²) in [6, 6.07) is 4.36. The van der Waals surface area contributed by atoms with E-state index in [1.807, 2.05) is 0 Å². The molecule has 0 bridgehead atoms. The quantitative estimate of drug-likeness (QED) is 0.767. The number of benzene rings is 1. The Kier molecular flexibility index (Phi) is 5.90. The maximum atomic E-state index is 14.3. The molecule has 1 N–H and O–H groups in total. The maximum Gasteiger partial charge on any atom is 0.573 e. The Hall–Kier alpha value is -2.91. The third-order valence-electron chi connectivity index (χ3n) is 4.53. The molecule has 1 aromatic heterocycles. The molecule has 2 aromatic rings. The molecule has 5 nitrogen and oxygen atoms in total. The predicted molar refractivity (Wildman–Crippen MR) is 95.3 cm³/mol. The molecular weight excluding hydrogens is 397 g/mol. The summed E-state index contributed by atoms with van der Waals surface area (Å²) >= 11 is 0. The van der Waals surface area contributed by atoms with Gasteiger partial charge in [0.2, 0.25) is 5.91 Å². The van der Waals surface area contributed by atoms with Crippen molar-refractivity contribution in [3.63, 3.8) is 0 Å². The largest absolute Gasteiger partial charge is 0.573 e. The van der Waals surface area contributed by atoms with E-state index in [2.05, 4.69) is 15.0 Å². The zero-order chi connectivity index (χ0) is 21.2. The minimum absolute atomic E-state index is 0.0170. The van der Waals surface area contributed by atoms with Gasteiger partial charge in [0, 0.05) is 31.6 Å². The van der Waals surface area contributed by atoms with Gasteiger partial charge in [0.1, 0.15) is 0 Å². The van der Waals surface area contributed by atoms with Crippen molar-refractivity contribution in [3.05, 3.63) is 42.1 Å². The van der Waals surface area contributed by atoms with E-state index < -0.39 is 23.7 Å². The van der Waals surface area contributed by atoms with E-state index in [0.717, 1.165) is 18.3 Å². The number of halogens is 5. The Morgan fingerprint density at radius 2 is 1.86 bits per heavy atom. The monoisotopic (exact) mass is 415 g/mol. The predicted octanol–water partition coefficient (Wildman–Crippen LogP) is 4.03. The molecule has 0 atom stereocenters. The van der Waals surface area contributed by atoms with Gasteiger partial charge in [-0.25, -0.2) is 8.78 Å². The Labute approximate surface area is 163 Å². The van der Waals surface area contributed by atoms with Crippen LogP contribution in [0.5, 0.6) is 5.75 Å². The second-order valence-electron chi connectivity index (χ2n) is 6.68. The Morgan fingerprint density at radius 1 is 1.17 bits per heavy atom. The Morgan fingerprint density at radius 3 is 2.45 bits per heavy atom. The minimum Gasteiger partial charge on any atom is -0.403 e. The highest BCUT2D eigenvalue weighted by molar-refractivity contribution is 5.73. The van der Waals surface area contributed by atoms with Crippen LogP contribution in [0, 0.1) is 11.6 Å². The number of piperidine rings is 1. The number of carbonyl (C=O) groups excluding carboxylic acids is 1. The lowest BCUT2D eigenvalue weighted by Gasteiger charge is -2.34. The molecule has 1 aromatic carbocycles. The summed E-state index contributed by atoms with van der Waals surface area (Å²) in [4.78, 5) is 16.9. The number of hydrogen-bond acceptors (Lipinski definition) is 4. The van der Waals surface area contributed by atoms with E-state index in [0.29, 0.717) is 25.9 Å². The van der Waals surface area contributed by atoms with Gasteiger partial charge in [-0.15, -0.1) is 13.2 Å². The molecule has 10 heteroatoms. The number of aromatic nitrogens is 1. The number of ether oxygens (including phenoxy) is 1. The van der Waals surface area contributed by atoms with Crippen LogP contribution < -0.4 is 15.0 Å². The van der Waals surface area contributed by atoms with Crippen LogP contribution in [-0.4, -0.2) is 36.4 Å². The fourth-order valence-corrected chi connectivity index (χ4v) is 3.25. The van der Waals surface area contributed by atoms with Gasteiger partial charge in [0.25, 0.3) is 0 Å². The van der Waals surface area contributed by atoms with Crippen molar-refractivity contribution >= 4 is 11.6 Å². The van der Waals surface area contributed by atoms with Gasteiger partial charge in [-0.05, 0) is 37.1 Å². The molecule has 0 spiro atoms. The summed E-state index contributed by atoms with van der Waals surface area (Å²) in [5.74, 6) is -2.85. The van der Waals surface area contributed by atoms with Crippen molar-refractivity contribution in [3.8, 4) is 17.0 Å². The summed E-state index contributed by atoms with van der Waals surface area (Å²) in [5.41, 5.74) is 0.654. The molecule has 1 amide bonds. The standard InChI is InChI=1S/C19H18F5N3O2/c1-11(28)26-13-4-6-27(7-5-13)17-9-16(25-10-15(17)21)12-2-3-18(14(20)8-12)29-19(22,23)24/h2-3,8-10,13H,4-7H2,1H3,(H,26,28). The number of rotatable bonds is 4. The van der Waals surface area contributed by atoms with Gasteiger partial charge in [-0.3, -0.25) is 9.78 Å². The summed E-state index contributed by atoms with van der Waals surface area (Å²) in [7, 11) is 0. The van der Waals surface area contributed by atoms with Crippen LogP contribution in [0.1, 0.15) is 19.8 Å². The van der Waals surface area contributed by atoms with E-state index in [-0.39, 0.29) is 28.9 Å². The van der Waals surface area contributed by atoms with Crippen LogP contribution in [0.2, 0.25) is 0 Å².